The number of rotatable bonds is 6. The molecule has 0 aliphatic heterocycles. The topological polar surface area (TPSA) is 70.7 Å². The lowest BCUT2D eigenvalue weighted by Crippen LogP contribution is -2.23. The fourth-order valence-electron chi connectivity index (χ4n) is 2.21. The van der Waals surface area contributed by atoms with Gasteiger partial charge in [-0.2, -0.15) is 0 Å². The van der Waals surface area contributed by atoms with Gasteiger partial charge in [0.05, 0.1) is 5.52 Å². The van der Waals surface area contributed by atoms with Crippen LogP contribution in [0.5, 0.6) is 5.75 Å². The third-order valence-corrected chi connectivity index (χ3v) is 3.51. The van der Waals surface area contributed by atoms with Crippen LogP contribution in [0.2, 0.25) is 5.02 Å². The van der Waals surface area contributed by atoms with Gasteiger partial charge >= 0.3 is 11.7 Å². The van der Waals surface area contributed by atoms with E-state index in [1.165, 1.54) is 4.57 Å². The van der Waals surface area contributed by atoms with Gasteiger partial charge < -0.3 is 13.9 Å². The number of ether oxygens (including phenoxy) is 2. The number of hydrogen-bond acceptors (Lipinski definition) is 5. The Morgan fingerprint density at radius 1 is 1.12 bits per heavy atom. The van der Waals surface area contributed by atoms with Crippen molar-refractivity contribution in [2.45, 2.75) is 6.54 Å². The minimum absolute atomic E-state index is 0.0654. The first kappa shape index (κ1) is 16.1. The van der Waals surface area contributed by atoms with E-state index in [1.807, 2.05) is 0 Å². The predicted molar refractivity (Wildman–Crippen MR) is 88.4 cm³/mol. The number of oxazole rings is 1. The Bertz CT molecular complexity index is 914. The van der Waals surface area contributed by atoms with E-state index in [4.69, 9.17) is 25.5 Å². The van der Waals surface area contributed by atoms with E-state index in [1.54, 1.807) is 48.5 Å². The molecule has 1 heterocycles. The van der Waals surface area contributed by atoms with Crippen molar-refractivity contribution in [3.05, 3.63) is 64.1 Å². The zero-order valence-corrected chi connectivity index (χ0v) is 13.4. The molecule has 6 nitrogen and oxygen atoms in total. The molecular formula is C17H14ClNO5. The lowest BCUT2D eigenvalue weighted by atomic mass is 10.3. The first-order valence-corrected chi connectivity index (χ1v) is 7.63. The second kappa shape index (κ2) is 7.23. The van der Waals surface area contributed by atoms with Crippen molar-refractivity contribution in [1.82, 2.24) is 4.57 Å². The number of nitrogens with zero attached hydrogens (tertiary/aromatic N) is 1. The van der Waals surface area contributed by atoms with Crippen molar-refractivity contribution in [1.29, 1.82) is 0 Å². The monoisotopic (exact) mass is 347 g/mol. The Kier molecular flexibility index (Phi) is 4.86. The third-order valence-electron chi connectivity index (χ3n) is 3.27. The summed E-state index contributed by atoms with van der Waals surface area (Å²) >= 11 is 5.84. The molecule has 0 bridgehead atoms. The molecule has 0 N–H and O–H groups in total. The first-order valence-electron chi connectivity index (χ1n) is 7.26. The van der Waals surface area contributed by atoms with E-state index < -0.39 is 11.7 Å². The largest absolute Gasteiger partial charge is 0.490 e. The fraction of sp³-hybridized carbons (Fsp3) is 0.176. The molecule has 24 heavy (non-hydrogen) atoms. The highest BCUT2D eigenvalue weighted by Crippen LogP contribution is 2.17. The number of halogens is 1. The van der Waals surface area contributed by atoms with E-state index in [2.05, 4.69) is 0 Å². The van der Waals surface area contributed by atoms with Gasteiger partial charge in [-0.05, 0) is 30.3 Å². The first-order chi connectivity index (χ1) is 11.6. The van der Waals surface area contributed by atoms with Gasteiger partial charge in [0.2, 0.25) is 0 Å². The van der Waals surface area contributed by atoms with Crippen LogP contribution in [0, 0.1) is 0 Å². The molecule has 1 aromatic heterocycles. The summed E-state index contributed by atoms with van der Waals surface area (Å²) in [4.78, 5) is 23.6. The maximum Gasteiger partial charge on any atom is 0.420 e. The number of para-hydroxylation sites is 2. The van der Waals surface area contributed by atoms with Crippen molar-refractivity contribution in [2.75, 3.05) is 13.2 Å². The predicted octanol–water partition coefficient (Wildman–Crippen LogP) is 2.87. The molecule has 0 fully saturated rings. The van der Waals surface area contributed by atoms with Crippen molar-refractivity contribution in [3.63, 3.8) is 0 Å². The number of aromatic nitrogens is 1. The summed E-state index contributed by atoms with van der Waals surface area (Å²) in [7, 11) is 0. The molecule has 3 aromatic rings. The number of esters is 1. The molecule has 0 aliphatic carbocycles. The molecule has 0 amide bonds. The zero-order valence-electron chi connectivity index (χ0n) is 12.6. The van der Waals surface area contributed by atoms with Crippen LogP contribution in [-0.4, -0.2) is 23.8 Å². The van der Waals surface area contributed by atoms with Crippen LogP contribution in [0.3, 0.4) is 0 Å². The van der Waals surface area contributed by atoms with Crippen LogP contribution in [0.15, 0.2) is 57.7 Å². The number of carbonyl (C=O) groups is 1. The Hall–Kier alpha value is -2.73. The second-order valence-corrected chi connectivity index (χ2v) is 5.38. The number of benzene rings is 2. The van der Waals surface area contributed by atoms with Crippen LogP contribution in [0.4, 0.5) is 0 Å². The van der Waals surface area contributed by atoms with E-state index >= 15 is 0 Å². The number of hydrogen-bond donors (Lipinski definition) is 0. The lowest BCUT2D eigenvalue weighted by Gasteiger charge is -2.08. The molecule has 124 valence electrons. The zero-order chi connectivity index (χ0) is 16.9. The summed E-state index contributed by atoms with van der Waals surface area (Å²) in [6.45, 7) is 0.0377. The molecule has 0 spiro atoms. The van der Waals surface area contributed by atoms with Crippen molar-refractivity contribution in [2.24, 2.45) is 0 Å². The highest BCUT2D eigenvalue weighted by molar-refractivity contribution is 6.30. The second-order valence-electron chi connectivity index (χ2n) is 4.95. The van der Waals surface area contributed by atoms with E-state index in [0.29, 0.717) is 21.9 Å². The van der Waals surface area contributed by atoms with Crippen molar-refractivity contribution in [3.8, 4) is 5.75 Å². The Morgan fingerprint density at radius 2 is 1.96 bits per heavy atom. The summed E-state index contributed by atoms with van der Waals surface area (Å²) in [5, 5.41) is 0.565. The molecule has 0 aliphatic rings. The maximum atomic E-state index is 11.9. The van der Waals surface area contributed by atoms with Gasteiger partial charge in [-0.25, -0.2) is 4.79 Å². The summed E-state index contributed by atoms with van der Waals surface area (Å²) in [5.74, 6) is -0.544. The minimum Gasteiger partial charge on any atom is -0.490 e. The van der Waals surface area contributed by atoms with Crippen LogP contribution >= 0.6 is 11.6 Å². The van der Waals surface area contributed by atoms with E-state index in [9.17, 15) is 9.59 Å². The molecule has 0 atom stereocenters. The van der Waals surface area contributed by atoms with Crippen LogP contribution in [-0.2, 0) is 16.1 Å². The average molecular weight is 348 g/mol. The normalized spacial score (nSPS) is 10.7. The fourth-order valence-corrected chi connectivity index (χ4v) is 2.39. The van der Waals surface area contributed by atoms with Gasteiger partial charge in [-0.15, -0.1) is 0 Å². The van der Waals surface area contributed by atoms with E-state index in [0.717, 1.165) is 0 Å². The van der Waals surface area contributed by atoms with Crippen LogP contribution < -0.4 is 10.5 Å². The van der Waals surface area contributed by atoms with Crippen molar-refractivity contribution >= 4 is 28.7 Å². The molecule has 7 heteroatoms. The molecule has 0 saturated carbocycles. The highest BCUT2D eigenvalue weighted by Gasteiger charge is 2.13. The average Bonchev–Trinajstić information content (AvgIpc) is 2.88. The standard InChI is InChI=1S/C17H14ClNO5/c18-12-4-3-5-13(10-12)22-8-9-23-16(20)11-19-14-6-1-2-7-15(14)24-17(19)21/h1-7,10H,8-9,11H2. The molecule has 0 saturated heterocycles. The summed E-state index contributed by atoms with van der Waals surface area (Å²) < 4.78 is 16.8. The van der Waals surface area contributed by atoms with E-state index in [-0.39, 0.29) is 19.8 Å². The lowest BCUT2D eigenvalue weighted by molar-refractivity contribution is -0.145. The molecule has 2 aromatic carbocycles. The number of fused-ring (bicyclic) bond motifs is 1. The summed E-state index contributed by atoms with van der Waals surface area (Å²) in [6.07, 6.45) is 0. The van der Waals surface area contributed by atoms with Gasteiger partial charge in [0, 0.05) is 5.02 Å². The number of carbonyl (C=O) groups excluding carboxylic acids is 1. The molecule has 0 unspecified atom stereocenters. The highest BCUT2D eigenvalue weighted by atomic mass is 35.5. The molecule has 0 radical (unpaired) electrons. The Morgan fingerprint density at radius 3 is 2.79 bits per heavy atom. The molecular weight excluding hydrogens is 334 g/mol. The summed E-state index contributed by atoms with van der Waals surface area (Å²) in [5.41, 5.74) is 0.981. The van der Waals surface area contributed by atoms with Gasteiger partial charge in [0.1, 0.15) is 25.5 Å². The third kappa shape index (κ3) is 3.78. The Balaban J connectivity index is 1.52. The van der Waals surface area contributed by atoms with Gasteiger partial charge in [0.25, 0.3) is 0 Å². The van der Waals surface area contributed by atoms with Crippen LogP contribution in [0.1, 0.15) is 0 Å². The summed E-state index contributed by atoms with van der Waals surface area (Å²) in [6, 6.07) is 13.8. The maximum absolute atomic E-state index is 11.9. The van der Waals surface area contributed by atoms with Gasteiger partial charge in [-0.1, -0.05) is 29.8 Å². The SMILES string of the molecule is O=C(Cn1c(=O)oc2ccccc21)OCCOc1cccc(Cl)c1. The molecule has 3 rings (SSSR count). The van der Waals surface area contributed by atoms with Gasteiger partial charge in [0.15, 0.2) is 5.58 Å². The van der Waals surface area contributed by atoms with Crippen LogP contribution in [0.25, 0.3) is 11.1 Å². The minimum atomic E-state index is -0.594. The van der Waals surface area contributed by atoms with Crippen molar-refractivity contribution < 1.29 is 18.7 Å². The van der Waals surface area contributed by atoms with Gasteiger partial charge in [-0.3, -0.25) is 9.36 Å². The smallest absolute Gasteiger partial charge is 0.420 e. The quantitative estimate of drug-likeness (QED) is 0.506. The Labute approximate surface area is 142 Å².